The van der Waals surface area contributed by atoms with E-state index in [0.29, 0.717) is 6.54 Å². The number of hydrogen-bond donors (Lipinski definition) is 3. The first kappa shape index (κ1) is 19.8. The van der Waals surface area contributed by atoms with Gasteiger partial charge in [0.1, 0.15) is 13.1 Å². The summed E-state index contributed by atoms with van der Waals surface area (Å²) in [5.74, 6) is -0.136. The Kier molecular flexibility index (Phi) is 7.83. The van der Waals surface area contributed by atoms with E-state index in [-0.39, 0.29) is 23.8 Å². The summed E-state index contributed by atoms with van der Waals surface area (Å²) in [4.78, 5) is 13.5. The summed E-state index contributed by atoms with van der Waals surface area (Å²) in [6.07, 6.45) is 1.05. The van der Waals surface area contributed by atoms with Gasteiger partial charge in [0.2, 0.25) is 15.9 Å². The fourth-order valence-electron chi connectivity index (χ4n) is 2.66. The third-order valence-corrected chi connectivity index (χ3v) is 5.68. The van der Waals surface area contributed by atoms with Crippen molar-refractivity contribution in [1.29, 1.82) is 0 Å². The van der Waals surface area contributed by atoms with Crippen molar-refractivity contribution in [2.75, 3.05) is 45.9 Å². The number of benzene rings is 1. The van der Waals surface area contributed by atoms with Gasteiger partial charge >= 0.3 is 0 Å². The van der Waals surface area contributed by atoms with E-state index < -0.39 is 10.0 Å². The van der Waals surface area contributed by atoms with Crippen LogP contribution in [0.5, 0.6) is 0 Å². The number of hydrogen-bond acceptors (Lipinski definition) is 4. The molecule has 3 N–H and O–H groups in total. The molecular weight excluding hydrogens is 342 g/mol. The van der Waals surface area contributed by atoms with Crippen LogP contribution in [0.4, 0.5) is 0 Å². The second kappa shape index (κ2) is 9.86. The first-order valence-corrected chi connectivity index (χ1v) is 10.2. The third kappa shape index (κ3) is 7.11. The molecule has 8 heteroatoms. The molecule has 0 spiro atoms. The van der Waals surface area contributed by atoms with Crippen LogP contribution in [0.1, 0.15) is 18.4 Å². The molecule has 1 aliphatic rings. The second-order valence-electron chi connectivity index (χ2n) is 6.28. The van der Waals surface area contributed by atoms with Gasteiger partial charge in [0.05, 0.1) is 24.7 Å². The summed E-state index contributed by atoms with van der Waals surface area (Å²) in [6, 6.07) is 6.62. The highest BCUT2D eigenvalue weighted by atomic mass is 32.2. The van der Waals surface area contributed by atoms with Crippen molar-refractivity contribution in [2.24, 2.45) is 0 Å². The minimum Gasteiger partial charge on any atom is -0.370 e. The van der Waals surface area contributed by atoms with Crippen molar-refractivity contribution in [3.63, 3.8) is 0 Å². The molecule has 0 atom stereocenters. The molecule has 0 radical (unpaired) electrons. The van der Waals surface area contributed by atoms with E-state index in [1.54, 1.807) is 24.3 Å². The standard InChI is InChI=1S/C17H27N3O4S/c1-15-3-5-16(6-4-15)25(22,23)19-9-7-17(21)18-8-2-10-20-11-13-24-14-12-20/h3-6,19H,2,7-14H2,1H3,(H,18,21)/p+1. The summed E-state index contributed by atoms with van der Waals surface area (Å²) >= 11 is 0. The Labute approximate surface area is 149 Å². The largest absolute Gasteiger partial charge is 0.370 e. The number of morpholine rings is 1. The molecule has 0 bridgehead atoms. The zero-order valence-electron chi connectivity index (χ0n) is 14.7. The van der Waals surface area contributed by atoms with Gasteiger partial charge in [-0.1, -0.05) is 17.7 Å². The van der Waals surface area contributed by atoms with Crippen molar-refractivity contribution in [3.8, 4) is 0 Å². The van der Waals surface area contributed by atoms with E-state index >= 15 is 0 Å². The van der Waals surface area contributed by atoms with Crippen LogP contribution >= 0.6 is 0 Å². The number of quaternary nitrogens is 1. The predicted molar refractivity (Wildman–Crippen MR) is 95.0 cm³/mol. The van der Waals surface area contributed by atoms with E-state index in [2.05, 4.69) is 10.0 Å². The fraction of sp³-hybridized carbons (Fsp3) is 0.588. The zero-order chi connectivity index (χ0) is 18.1. The first-order valence-electron chi connectivity index (χ1n) is 8.72. The van der Waals surface area contributed by atoms with Crippen molar-refractivity contribution in [1.82, 2.24) is 10.0 Å². The topological polar surface area (TPSA) is 88.9 Å². The van der Waals surface area contributed by atoms with Crippen LogP contribution in [-0.4, -0.2) is 60.3 Å². The zero-order valence-corrected chi connectivity index (χ0v) is 15.5. The molecule has 1 aromatic rings. The van der Waals surface area contributed by atoms with Crippen LogP contribution in [0.15, 0.2) is 29.2 Å². The van der Waals surface area contributed by atoms with Crippen LogP contribution in [0.3, 0.4) is 0 Å². The Hall–Kier alpha value is -1.48. The summed E-state index contributed by atoms with van der Waals surface area (Å²) < 4.78 is 32.0. The minimum absolute atomic E-state index is 0.0940. The average Bonchev–Trinajstić information content (AvgIpc) is 2.60. The molecule has 0 aliphatic carbocycles. The molecular formula is C17H28N3O4S+. The molecule has 1 aromatic carbocycles. The Balaban J connectivity index is 1.60. The number of carbonyl (C=O) groups is 1. The van der Waals surface area contributed by atoms with E-state index in [0.717, 1.165) is 44.8 Å². The van der Waals surface area contributed by atoms with E-state index in [1.807, 2.05) is 6.92 Å². The smallest absolute Gasteiger partial charge is 0.240 e. The van der Waals surface area contributed by atoms with Gasteiger partial charge in [-0.3, -0.25) is 4.79 Å². The summed E-state index contributed by atoms with van der Waals surface area (Å²) in [5.41, 5.74) is 0.997. The lowest BCUT2D eigenvalue weighted by atomic mass is 10.2. The van der Waals surface area contributed by atoms with Gasteiger partial charge in [0.15, 0.2) is 0 Å². The van der Waals surface area contributed by atoms with Crippen molar-refractivity contribution in [3.05, 3.63) is 29.8 Å². The molecule has 0 aromatic heterocycles. The SMILES string of the molecule is Cc1ccc(S(=O)(=O)NCCC(=O)NCCC[NH+]2CCOCC2)cc1. The molecule has 1 heterocycles. The maximum Gasteiger partial charge on any atom is 0.240 e. The number of ether oxygens (including phenoxy) is 1. The first-order chi connectivity index (χ1) is 12.0. The number of amides is 1. The number of rotatable bonds is 9. The lowest BCUT2D eigenvalue weighted by molar-refractivity contribution is -0.908. The van der Waals surface area contributed by atoms with Gasteiger partial charge in [-0.2, -0.15) is 0 Å². The fourth-order valence-corrected chi connectivity index (χ4v) is 3.70. The Morgan fingerprint density at radius 3 is 2.52 bits per heavy atom. The van der Waals surface area contributed by atoms with Gasteiger partial charge in [-0.25, -0.2) is 13.1 Å². The molecule has 7 nitrogen and oxygen atoms in total. The molecule has 1 amide bonds. The summed E-state index contributed by atoms with van der Waals surface area (Å²) in [5, 5.41) is 2.84. The van der Waals surface area contributed by atoms with Crippen LogP contribution in [0, 0.1) is 6.92 Å². The monoisotopic (exact) mass is 370 g/mol. The van der Waals surface area contributed by atoms with Crippen LogP contribution in [-0.2, 0) is 19.6 Å². The molecule has 25 heavy (non-hydrogen) atoms. The summed E-state index contributed by atoms with van der Waals surface area (Å²) in [7, 11) is -3.56. The third-order valence-electron chi connectivity index (χ3n) is 4.20. The van der Waals surface area contributed by atoms with Crippen molar-refractivity contribution >= 4 is 15.9 Å². The molecule has 1 saturated heterocycles. The van der Waals surface area contributed by atoms with E-state index in [4.69, 9.17) is 4.74 Å². The normalized spacial score (nSPS) is 15.9. The number of aryl methyl sites for hydroxylation is 1. The Morgan fingerprint density at radius 1 is 1.16 bits per heavy atom. The number of sulfonamides is 1. The van der Waals surface area contributed by atoms with Crippen LogP contribution in [0.25, 0.3) is 0 Å². The lowest BCUT2D eigenvalue weighted by Gasteiger charge is -2.23. The molecule has 0 unspecified atom stereocenters. The molecule has 2 rings (SSSR count). The van der Waals surface area contributed by atoms with E-state index in [1.165, 1.54) is 4.90 Å². The van der Waals surface area contributed by atoms with Gasteiger partial charge < -0.3 is 15.0 Å². The van der Waals surface area contributed by atoms with Crippen molar-refractivity contribution in [2.45, 2.75) is 24.7 Å². The molecule has 0 saturated carbocycles. The second-order valence-corrected chi connectivity index (χ2v) is 8.04. The summed E-state index contributed by atoms with van der Waals surface area (Å²) in [6.45, 7) is 7.29. The lowest BCUT2D eigenvalue weighted by Crippen LogP contribution is -3.14. The van der Waals surface area contributed by atoms with Gasteiger partial charge in [0.25, 0.3) is 0 Å². The molecule has 1 fully saturated rings. The van der Waals surface area contributed by atoms with Gasteiger partial charge in [0, 0.05) is 25.9 Å². The highest BCUT2D eigenvalue weighted by Gasteiger charge is 2.14. The van der Waals surface area contributed by atoms with Crippen LogP contribution < -0.4 is 14.9 Å². The average molecular weight is 370 g/mol. The number of nitrogens with one attached hydrogen (secondary N) is 3. The molecule has 1 aliphatic heterocycles. The maximum absolute atomic E-state index is 12.1. The Bertz CT molecular complexity index is 640. The quantitative estimate of drug-likeness (QED) is 0.491. The molecule has 140 valence electrons. The predicted octanol–water partition coefficient (Wildman–Crippen LogP) is -0.915. The Morgan fingerprint density at radius 2 is 1.84 bits per heavy atom. The van der Waals surface area contributed by atoms with Gasteiger partial charge in [-0.15, -0.1) is 0 Å². The van der Waals surface area contributed by atoms with Crippen molar-refractivity contribution < 1.29 is 22.8 Å². The maximum atomic E-state index is 12.1. The highest BCUT2D eigenvalue weighted by molar-refractivity contribution is 7.89. The minimum atomic E-state index is -3.56. The highest BCUT2D eigenvalue weighted by Crippen LogP contribution is 2.09. The number of carbonyl (C=O) groups excluding carboxylic acids is 1. The van der Waals surface area contributed by atoms with Gasteiger partial charge in [-0.05, 0) is 19.1 Å². The van der Waals surface area contributed by atoms with E-state index in [9.17, 15) is 13.2 Å². The van der Waals surface area contributed by atoms with Crippen LogP contribution in [0.2, 0.25) is 0 Å².